The summed E-state index contributed by atoms with van der Waals surface area (Å²) in [5, 5.41) is 13.0. The van der Waals surface area contributed by atoms with Gasteiger partial charge >= 0.3 is 0 Å². The maximum atomic E-state index is 9.52. The minimum atomic E-state index is -0.198. The van der Waals surface area contributed by atoms with E-state index in [-0.39, 0.29) is 6.10 Å². The van der Waals surface area contributed by atoms with Crippen LogP contribution in [0.2, 0.25) is 0 Å². The van der Waals surface area contributed by atoms with Gasteiger partial charge < -0.3 is 15.3 Å². The Labute approximate surface area is 109 Å². The predicted octanol–water partition coefficient (Wildman–Crippen LogP) is 1.71. The Morgan fingerprint density at radius 1 is 1.56 bits per heavy atom. The molecule has 0 bridgehead atoms. The highest BCUT2D eigenvalue weighted by atomic mass is 16.3. The van der Waals surface area contributed by atoms with Crippen LogP contribution in [-0.2, 0) is 0 Å². The van der Waals surface area contributed by atoms with Crippen molar-refractivity contribution in [3.05, 3.63) is 23.9 Å². The molecule has 1 aliphatic rings. The van der Waals surface area contributed by atoms with Gasteiger partial charge in [0.25, 0.3) is 0 Å². The number of hydrogen-bond acceptors (Lipinski definition) is 4. The smallest absolute Gasteiger partial charge is 0.128 e. The lowest BCUT2D eigenvalue weighted by Gasteiger charge is -2.18. The van der Waals surface area contributed by atoms with Gasteiger partial charge in [0, 0.05) is 25.3 Å². The topological polar surface area (TPSA) is 48.4 Å². The van der Waals surface area contributed by atoms with Crippen LogP contribution in [0, 0.1) is 0 Å². The van der Waals surface area contributed by atoms with Crippen LogP contribution in [0.5, 0.6) is 0 Å². The minimum absolute atomic E-state index is 0.198. The van der Waals surface area contributed by atoms with Gasteiger partial charge in [-0.25, -0.2) is 4.98 Å². The van der Waals surface area contributed by atoms with Crippen LogP contribution in [-0.4, -0.2) is 35.8 Å². The summed E-state index contributed by atoms with van der Waals surface area (Å²) in [4.78, 5) is 6.64. The molecule has 2 heterocycles. The van der Waals surface area contributed by atoms with Gasteiger partial charge in [-0.1, -0.05) is 13.0 Å². The molecule has 1 saturated heterocycles. The summed E-state index contributed by atoms with van der Waals surface area (Å²) < 4.78 is 0. The Morgan fingerprint density at radius 3 is 2.94 bits per heavy atom. The van der Waals surface area contributed by atoms with Gasteiger partial charge in [0.15, 0.2) is 0 Å². The molecule has 1 aromatic rings. The average molecular weight is 249 g/mol. The van der Waals surface area contributed by atoms with Crippen molar-refractivity contribution < 1.29 is 5.11 Å². The highest BCUT2D eigenvalue weighted by Gasteiger charge is 2.21. The molecule has 1 fully saturated rings. The second-order valence-electron chi connectivity index (χ2n) is 5.01. The van der Waals surface area contributed by atoms with E-state index in [2.05, 4.69) is 41.2 Å². The first-order valence-corrected chi connectivity index (χ1v) is 6.83. The summed E-state index contributed by atoms with van der Waals surface area (Å²) in [6.45, 7) is 6.96. The highest BCUT2D eigenvalue weighted by Crippen LogP contribution is 2.20. The first-order valence-electron chi connectivity index (χ1n) is 6.83. The van der Waals surface area contributed by atoms with E-state index < -0.39 is 0 Å². The van der Waals surface area contributed by atoms with Crippen LogP contribution in [0.3, 0.4) is 0 Å². The number of aliphatic hydroxyl groups excluding tert-OH is 1. The Morgan fingerprint density at radius 2 is 2.39 bits per heavy atom. The summed E-state index contributed by atoms with van der Waals surface area (Å²) in [7, 11) is 0. The zero-order chi connectivity index (χ0) is 13.0. The fourth-order valence-electron chi connectivity index (χ4n) is 2.27. The summed E-state index contributed by atoms with van der Waals surface area (Å²) in [6.07, 6.45) is 3.73. The minimum Gasteiger partial charge on any atom is -0.391 e. The summed E-state index contributed by atoms with van der Waals surface area (Å²) >= 11 is 0. The lowest BCUT2D eigenvalue weighted by Crippen LogP contribution is -2.23. The van der Waals surface area contributed by atoms with Gasteiger partial charge in [0.05, 0.1) is 6.10 Å². The van der Waals surface area contributed by atoms with Crippen LogP contribution >= 0.6 is 0 Å². The molecule has 0 spiro atoms. The summed E-state index contributed by atoms with van der Waals surface area (Å²) in [5.74, 6) is 0.970. The van der Waals surface area contributed by atoms with E-state index in [1.54, 1.807) is 0 Å². The van der Waals surface area contributed by atoms with Crippen molar-refractivity contribution in [2.45, 2.75) is 38.8 Å². The Balaban J connectivity index is 1.96. The van der Waals surface area contributed by atoms with Gasteiger partial charge in [-0.05, 0) is 37.9 Å². The van der Waals surface area contributed by atoms with Gasteiger partial charge in [0.2, 0.25) is 0 Å². The number of nitrogens with zero attached hydrogens (tertiary/aromatic N) is 2. The molecule has 100 valence electrons. The SMILES string of the molecule is CCCNC(C)c1ccc(N2CCC(O)C2)nc1. The normalized spacial score (nSPS) is 21.3. The maximum absolute atomic E-state index is 9.52. The van der Waals surface area contributed by atoms with Gasteiger partial charge in [-0.15, -0.1) is 0 Å². The Bertz CT molecular complexity index is 366. The van der Waals surface area contributed by atoms with Crippen molar-refractivity contribution in [1.29, 1.82) is 0 Å². The van der Waals surface area contributed by atoms with Crippen LogP contribution < -0.4 is 10.2 Å². The molecule has 4 heteroatoms. The van der Waals surface area contributed by atoms with Crippen molar-refractivity contribution in [3.63, 3.8) is 0 Å². The van der Waals surface area contributed by atoms with Crippen molar-refractivity contribution in [1.82, 2.24) is 10.3 Å². The standard InChI is InChI=1S/C14H23N3O/c1-3-7-15-11(2)12-4-5-14(16-9-12)17-8-6-13(18)10-17/h4-5,9,11,13,15,18H,3,6-8,10H2,1-2H3. The molecular formula is C14H23N3O. The van der Waals surface area contributed by atoms with Crippen LogP contribution in [0.25, 0.3) is 0 Å². The number of aliphatic hydroxyl groups is 1. The van der Waals surface area contributed by atoms with E-state index in [4.69, 9.17) is 0 Å². The van der Waals surface area contributed by atoms with Gasteiger partial charge in [-0.2, -0.15) is 0 Å². The molecule has 18 heavy (non-hydrogen) atoms. The van der Waals surface area contributed by atoms with Gasteiger partial charge in [0.1, 0.15) is 5.82 Å². The van der Waals surface area contributed by atoms with Crippen molar-refractivity contribution in [2.24, 2.45) is 0 Å². The molecule has 0 saturated carbocycles. The lowest BCUT2D eigenvalue weighted by atomic mass is 10.1. The first kappa shape index (κ1) is 13.3. The van der Waals surface area contributed by atoms with E-state index in [9.17, 15) is 5.11 Å². The molecule has 2 rings (SSSR count). The highest BCUT2D eigenvalue weighted by molar-refractivity contribution is 5.41. The zero-order valence-electron chi connectivity index (χ0n) is 11.3. The number of β-amino-alcohol motifs (C(OH)–C–C–N with tert-alkyl or cyclic N) is 1. The number of anilines is 1. The molecular weight excluding hydrogens is 226 g/mol. The first-order chi connectivity index (χ1) is 8.70. The monoisotopic (exact) mass is 249 g/mol. The molecule has 2 atom stereocenters. The number of hydrogen-bond donors (Lipinski definition) is 2. The van der Waals surface area contributed by atoms with Crippen LogP contribution in [0.4, 0.5) is 5.82 Å². The third kappa shape index (κ3) is 3.21. The molecule has 1 aromatic heterocycles. The molecule has 2 unspecified atom stereocenters. The van der Waals surface area contributed by atoms with Crippen molar-refractivity contribution in [2.75, 3.05) is 24.5 Å². The summed E-state index contributed by atoms with van der Waals surface area (Å²) in [6, 6.07) is 4.52. The third-order valence-corrected chi connectivity index (χ3v) is 3.46. The molecule has 2 N–H and O–H groups in total. The number of nitrogens with one attached hydrogen (secondary N) is 1. The average Bonchev–Trinajstić information content (AvgIpc) is 2.83. The van der Waals surface area contributed by atoms with Crippen molar-refractivity contribution in [3.8, 4) is 0 Å². The van der Waals surface area contributed by atoms with E-state index in [0.717, 1.165) is 31.7 Å². The Hall–Kier alpha value is -1.13. The molecule has 0 aromatic carbocycles. The van der Waals surface area contributed by atoms with Gasteiger partial charge in [-0.3, -0.25) is 0 Å². The van der Waals surface area contributed by atoms with Crippen LogP contribution in [0.1, 0.15) is 38.3 Å². The fraction of sp³-hybridized carbons (Fsp3) is 0.643. The van der Waals surface area contributed by atoms with E-state index in [0.29, 0.717) is 12.6 Å². The fourth-order valence-corrected chi connectivity index (χ4v) is 2.27. The summed E-state index contributed by atoms with van der Waals surface area (Å²) in [5.41, 5.74) is 1.21. The predicted molar refractivity (Wildman–Crippen MR) is 73.8 cm³/mol. The van der Waals surface area contributed by atoms with E-state index >= 15 is 0 Å². The quantitative estimate of drug-likeness (QED) is 0.834. The van der Waals surface area contributed by atoms with Crippen molar-refractivity contribution >= 4 is 5.82 Å². The number of rotatable bonds is 5. The number of aromatic nitrogens is 1. The van der Waals surface area contributed by atoms with E-state index in [1.807, 2.05) is 6.20 Å². The maximum Gasteiger partial charge on any atom is 0.128 e. The molecule has 4 nitrogen and oxygen atoms in total. The molecule has 1 aliphatic heterocycles. The second-order valence-corrected chi connectivity index (χ2v) is 5.01. The number of pyridine rings is 1. The largest absolute Gasteiger partial charge is 0.391 e. The second kappa shape index (κ2) is 6.16. The lowest BCUT2D eigenvalue weighted by molar-refractivity contribution is 0.198. The van der Waals surface area contributed by atoms with Crippen LogP contribution in [0.15, 0.2) is 18.3 Å². The third-order valence-electron chi connectivity index (χ3n) is 3.46. The zero-order valence-corrected chi connectivity index (χ0v) is 11.3. The van der Waals surface area contributed by atoms with E-state index in [1.165, 1.54) is 5.56 Å². The molecule has 0 aliphatic carbocycles. The Kier molecular flexibility index (Phi) is 4.55. The molecule has 0 radical (unpaired) electrons. The molecule has 0 amide bonds.